The van der Waals surface area contributed by atoms with Crippen LogP contribution in [0, 0.1) is 11.3 Å². The van der Waals surface area contributed by atoms with Crippen LogP contribution in [0.5, 0.6) is 5.75 Å². The Morgan fingerprint density at radius 1 is 1.14 bits per heavy atom. The van der Waals surface area contributed by atoms with E-state index < -0.39 is 12.5 Å². The molecule has 5 heteroatoms. The molecule has 1 N–H and O–H groups in total. The van der Waals surface area contributed by atoms with E-state index >= 15 is 0 Å². The first-order valence-electron chi connectivity index (χ1n) is 7.01. The van der Waals surface area contributed by atoms with Crippen LogP contribution < -0.4 is 4.74 Å². The van der Waals surface area contributed by atoms with E-state index in [9.17, 15) is 18.3 Å². The van der Waals surface area contributed by atoms with Crippen molar-refractivity contribution in [3.8, 4) is 5.75 Å². The molecule has 2 atom stereocenters. The maximum Gasteiger partial charge on any atom is 0.573 e. The molecule has 21 heavy (non-hydrogen) atoms. The van der Waals surface area contributed by atoms with E-state index in [1.165, 1.54) is 18.2 Å². The van der Waals surface area contributed by atoms with E-state index in [4.69, 9.17) is 0 Å². The lowest BCUT2D eigenvalue weighted by Crippen LogP contribution is -2.19. The molecule has 1 aromatic carbocycles. The molecule has 0 aliphatic heterocycles. The van der Waals surface area contributed by atoms with E-state index in [0.29, 0.717) is 6.42 Å². The molecule has 0 saturated heterocycles. The fourth-order valence-electron chi connectivity index (χ4n) is 2.61. The highest BCUT2D eigenvalue weighted by molar-refractivity contribution is 5.35. The summed E-state index contributed by atoms with van der Waals surface area (Å²) in [5.74, 6) is -0.139. The normalized spacial score (nSPS) is 15.6. The fourth-order valence-corrected chi connectivity index (χ4v) is 2.61. The van der Waals surface area contributed by atoms with Crippen LogP contribution in [0.25, 0.3) is 0 Å². The van der Waals surface area contributed by atoms with Gasteiger partial charge in [-0.05, 0) is 30.2 Å². The fraction of sp³-hybridized carbons (Fsp3) is 0.625. The molecule has 2 nitrogen and oxygen atoms in total. The summed E-state index contributed by atoms with van der Waals surface area (Å²) in [5, 5.41) is 10.2. The van der Waals surface area contributed by atoms with Gasteiger partial charge < -0.3 is 9.84 Å². The van der Waals surface area contributed by atoms with Gasteiger partial charge in [0.15, 0.2) is 0 Å². The average Bonchev–Trinajstić information content (AvgIpc) is 2.24. The van der Waals surface area contributed by atoms with Gasteiger partial charge in [0.05, 0.1) is 6.10 Å². The van der Waals surface area contributed by atoms with Gasteiger partial charge >= 0.3 is 6.36 Å². The number of aliphatic hydroxyl groups is 1. The minimum Gasteiger partial charge on any atom is -0.405 e. The summed E-state index contributed by atoms with van der Waals surface area (Å²) in [6.07, 6.45) is -4.45. The predicted octanol–water partition coefficient (Wildman–Crippen LogP) is 5.08. The lowest BCUT2D eigenvalue weighted by Gasteiger charge is -2.25. The molecule has 0 fully saturated rings. The Morgan fingerprint density at radius 2 is 1.71 bits per heavy atom. The SMILES string of the molecule is CC(CC(O)c1ccccc1OC(F)(F)F)CC(C)(C)C. The zero-order chi connectivity index (χ0) is 16.3. The van der Waals surface area contributed by atoms with Crippen LogP contribution in [0.1, 0.15) is 52.2 Å². The van der Waals surface area contributed by atoms with E-state index in [0.717, 1.165) is 6.42 Å². The van der Waals surface area contributed by atoms with E-state index in [-0.39, 0.29) is 22.6 Å². The number of hydrogen-bond acceptors (Lipinski definition) is 2. The number of halogens is 3. The first kappa shape index (κ1) is 17.8. The van der Waals surface area contributed by atoms with Crippen molar-refractivity contribution < 1.29 is 23.0 Å². The lowest BCUT2D eigenvalue weighted by molar-refractivity contribution is -0.275. The quantitative estimate of drug-likeness (QED) is 0.822. The summed E-state index contributed by atoms with van der Waals surface area (Å²) in [6, 6.07) is 5.74. The highest BCUT2D eigenvalue weighted by atomic mass is 19.4. The Labute approximate surface area is 123 Å². The number of benzene rings is 1. The molecule has 120 valence electrons. The molecule has 0 spiro atoms. The van der Waals surface area contributed by atoms with Crippen LogP contribution in [0.2, 0.25) is 0 Å². The van der Waals surface area contributed by atoms with E-state index in [1.54, 1.807) is 6.07 Å². The molecule has 0 radical (unpaired) electrons. The number of ether oxygens (including phenoxy) is 1. The number of hydrogen-bond donors (Lipinski definition) is 1. The summed E-state index contributed by atoms with van der Waals surface area (Å²) in [6.45, 7) is 8.27. The third-order valence-electron chi connectivity index (χ3n) is 3.09. The molecule has 2 unspecified atom stereocenters. The van der Waals surface area contributed by atoms with Crippen LogP contribution in [0.4, 0.5) is 13.2 Å². The molecule has 0 bridgehead atoms. The van der Waals surface area contributed by atoms with Gasteiger partial charge in [-0.15, -0.1) is 13.2 Å². The molecule has 0 aliphatic rings. The van der Waals surface area contributed by atoms with Gasteiger partial charge in [0, 0.05) is 5.56 Å². The smallest absolute Gasteiger partial charge is 0.405 e. The Bertz CT molecular complexity index is 450. The summed E-state index contributed by atoms with van der Waals surface area (Å²) >= 11 is 0. The Hall–Kier alpha value is -1.23. The second-order valence-corrected chi connectivity index (χ2v) is 6.71. The Morgan fingerprint density at radius 3 is 2.24 bits per heavy atom. The monoisotopic (exact) mass is 304 g/mol. The summed E-state index contributed by atoms with van der Waals surface area (Å²) in [5.41, 5.74) is 0.289. The topological polar surface area (TPSA) is 29.5 Å². The molecular weight excluding hydrogens is 281 g/mol. The van der Waals surface area contributed by atoms with Crippen LogP contribution in [-0.4, -0.2) is 11.5 Å². The van der Waals surface area contributed by atoms with Gasteiger partial charge in [-0.25, -0.2) is 0 Å². The van der Waals surface area contributed by atoms with Gasteiger partial charge in [0.2, 0.25) is 0 Å². The third kappa shape index (κ3) is 6.85. The van der Waals surface area contributed by atoms with Gasteiger partial charge in [-0.1, -0.05) is 45.9 Å². The zero-order valence-corrected chi connectivity index (χ0v) is 12.9. The highest BCUT2D eigenvalue weighted by Crippen LogP contribution is 2.35. The average molecular weight is 304 g/mol. The molecule has 0 amide bonds. The van der Waals surface area contributed by atoms with E-state index in [2.05, 4.69) is 25.5 Å². The molecule has 1 aromatic rings. The van der Waals surface area contributed by atoms with Gasteiger partial charge in [0.25, 0.3) is 0 Å². The van der Waals surface area contributed by atoms with Crippen LogP contribution >= 0.6 is 0 Å². The highest BCUT2D eigenvalue weighted by Gasteiger charge is 2.33. The number of aliphatic hydroxyl groups excluding tert-OH is 1. The largest absolute Gasteiger partial charge is 0.573 e. The molecular formula is C16H23F3O2. The number of rotatable bonds is 5. The molecule has 0 aromatic heterocycles. The van der Waals surface area contributed by atoms with E-state index in [1.807, 2.05) is 6.92 Å². The summed E-state index contributed by atoms with van der Waals surface area (Å²) in [7, 11) is 0. The molecule has 1 rings (SSSR count). The second kappa shape index (κ2) is 6.69. The van der Waals surface area contributed by atoms with Crippen molar-refractivity contribution in [3.63, 3.8) is 0 Å². The van der Waals surface area contributed by atoms with Crippen molar-refractivity contribution in [2.75, 3.05) is 0 Å². The zero-order valence-electron chi connectivity index (χ0n) is 12.9. The maximum absolute atomic E-state index is 12.4. The van der Waals surface area contributed by atoms with Gasteiger partial charge in [-0.2, -0.15) is 0 Å². The minimum absolute atomic E-state index is 0.112. The third-order valence-corrected chi connectivity index (χ3v) is 3.09. The maximum atomic E-state index is 12.4. The van der Waals surface area contributed by atoms with Crippen molar-refractivity contribution in [2.24, 2.45) is 11.3 Å². The summed E-state index contributed by atoms with van der Waals surface area (Å²) < 4.78 is 41.1. The van der Waals surface area contributed by atoms with Crippen LogP contribution in [0.15, 0.2) is 24.3 Å². The Kier molecular flexibility index (Phi) is 5.68. The Balaban J connectivity index is 2.80. The van der Waals surface area contributed by atoms with Crippen molar-refractivity contribution >= 4 is 0 Å². The number of alkyl halides is 3. The predicted molar refractivity (Wildman–Crippen MR) is 75.9 cm³/mol. The first-order chi connectivity index (χ1) is 9.48. The standard InChI is InChI=1S/C16H23F3O2/c1-11(10-15(2,3)4)9-13(20)12-7-5-6-8-14(12)21-16(17,18)19/h5-8,11,13,20H,9-10H2,1-4H3. The second-order valence-electron chi connectivity index (χ2n) is 6.71. The van der Waals surface area contributed by atoms with Crippen molar-refractivity contribution in [3.05, 3.63) is 29.8 Å². The molecule has 0 heterocycles. The van der Waals surface area contributed by atoms with Crippen molar-refractivity contribution in [1.29, 1.82) is 0 Å². The lowest BCUT2D eigenvalue weighted by atomic mass is 9.82. The van der Waals surface area contributed by atoms with Gasteiger partial charge in [-0.3, -0.25) is 0 Å². The van der Waals surface area contributed by atoms with Crippen LogP contribution in [0.3, 0.4) is 0 Å². The molecule has 0 saturated carbocycles. The minimum atomic E-state index is -4.76. The van der Waals surface area contributed by atoms with Crippen molar-refractivity contribution in [1.82, 2.24) is 0 Å². The van der Waals surface area contributed by atoms with Gasteiger partial charge in [0.1, 0.15) is 5.75 Å². The number of para-hydroxylation sites is 1. The van der Waals surface area contributed by atoms with Crippen LogP contribution in [-0.2, 0) is 0 Å². The molecule has 0 aliphatic carbocycles. The van der Waals surface area contributed by atoms with Crippen molar-refractivity contribution in [2.45, 2.75) is 53.0 Å². The summed E-state index contributed by atoms with van der Waals surface area (Å²) in [4.78, 5) is 0. The first-order valence-corrected chi connectivity index (χ1v) is 7.01.